The van der Waals surface area contributed by atoms with Gasteiger partial charge in [-0.1, -0.05) is 36.9 Å². The van der Waals surface area contributed by atoms with Crippen molar-refractivity contribution in [3.63, 3.8) is 0 Å². The fourth-order valence-corrected chi connectivity index (χ4v) is 3.29. The SMILES string of the molecule is O=C(NC(O)C1CCCCC1)c1cc(Oc2cccc(F)n2)ccc1Cl. The predicted molar refractivity (Wildman–Crippen MR) is 95.8 cm³/mol. The Morgan fingerprint density at radius 2 is 2.04 bits per heavy atom. The largest absolute Gasteiger partial charge is 0.439 e. The van der Waals surface area contributed by atoms with Crippen molar-refractivity contribution in [1.29, 1.82) is 0 Å². The molecule has 3 rings (SSSR count). The molecule has 1 aromatic carbocycles. The van der Waals surface area contributed by atoms with Crippen LogP contribution in [0.5, 0.6) is 11.6 Å². The Bertz CT molecular complexity index is 781. The standard InChI is InChI=1S/C19H20ClFN2O3/c20-15-10-9-13(26-17-8-4-7-16(21)22-17)11-14(15)19(25)23-18(24)12-5-2-1-3-6-12/h4,7-12,18,24H,1-3,5-6H2,(H,23,25). The highest BCUT2D eigenvalue weighted by molar-refractivity contribution is 6.33. The van der Waals surface area contributed by atoms with Crippen LogP contribution in [-0.4, -0.2) is 22.2 Å². The molecule has 1 fully saturated rings. The van der Waals surface area contributed by atoms with Gasteiger partial charge in [-0.15, -0.1) is 0 Å². The fraction of sp³-hybridized carbons (Fsp3) is 0.368. The van der Waals surface area contributed by atoms with Gasteiger partial charge in [0.2, 0.25) is 11.8 Å². The number of aromatic nitrogens is 1. The first-order chi connectivity index (χ1) is 12.5. The fourth-order valence-electron chi connectivity index (χ4n) is 3.09. The molecule has 0 radical (unpaired) electrons. The summed E-state index contributed by atoms with van der Waals surface area (Å²) < 4.78 is 18.6. The monoisotopic (exact) mass is 378 g/mol. The van der Waals surface area contributed by atoms with Crippen LogP contribution >= 0.6 is 11.6 Å². The van der Waals surface area contributed by atoms with E-state index < -0.39 is 18.1 Å². The lowest BCUT2D eigenvalue weighted by molar-refractivity contribution is 0.0463. The number of benzene rings is 1. The summed E-state index contributed by atoms with van der Waals surface area (Å²) in [6, 6.07) is 8.70. The van der Waals surface area contributed by atoms with Crippen LogP contribution in [0.4, 0.5) is 4.39 Å². The van der Waals surface area contributed by atoms with Gasteiger partial charge in [-0.25, -0.2) is 0 Å². The van der Waals surface area contributed by atoms with E-state index in [9.17, 15) is 14.3 Å². The number of ether oxygens (including phenoxy) is 1. The third-order valence-electron chi connectivity index (χ3n) is 4.47. The normalized spacial score (nSPS) is 16.1. The van der Waals surface area contributed by atoms with Crippen molar-refractivity contribution < 1.29 is 19.0 Å². The van der Waals surface area contributed by atoms with E-state index in [0.717, 1.165) is 32.1 Å². The minimum atomic E-state index is -0.909. The van der Waals surface area contributed by atoms with Gasteiger partial charge in [0.25, 0.3) is 5.91 Å². The van der Waals surface area contributed by atoms with Crippen LogP contribution in [0, 0.1) is 11.9 Å². The Hall–Kier alpha value is -2.18. The summed E-state index contributed by atoms with van der Waals surface area (Å²) in [6.45, 7) is 0. The van der Waals surface area contributed by atoms with Gasteiger partial charge in [-0.3, -0.25) is 4.79 Å². The third kappa shape index (κ3) is 4.71. The molecule has 1 amide bonds. The summed E-state index contributed by atoms with van der Waals surface area (Å²) in [5, 5.41) is 13.1. The Kier molecular flexibility index (Phi) is 6.06. The Balaban J connectivity index is 1.71. The second kappa shape index (κ2) is 8.47. The van der Waals surface area contributed by atoms with E-state index in [1.807, 2.05) is 0 Å². The molecule has 1 aliphatic carbocycles. The summed E-state index contributed by atoms with van der Waals surface area (Å²) in [6.07, 6.45) is 4.15. The maximum absolute atomic E-state index is 13.2. The maximum Gasteiger partial charge on any atom is 0.254 e. The molecule has 1 atom stereocenters. The maximum atomic E-state index is 13.2. The van der Waals surface area contributed by atoms with Gasteiger partial charge < -0.3 is 15.2 Å². The predicted octanol–water partition coefficient (Wildman–Crippen LogP) is 4.29. The summed E-state index contributed by atoms with van der Waals surface area (Å²) in [5.41, 5.74) is 0.176. The molecular weight excluding hydrogens is 359 g/mol. The molecule has 0 aliphatic heterocycles. The van der Waals surface area contributed by atoms with Crippen LogP contribution in [0.2, 0.25) is 5.02 Å². The number of pyridine rings is 1. The summed E-state index contributed by atoms with van der Waals surface area (Å²) in [5.74, 6) is -0.719. The van der Waals surface area contributed by atoms with Crippen LogP contribution in [0.1, 0.15) is 42.5 Å². The minimum Gasteiger partial charge on any atom is -0.439 e. The third-order valence-corrected chi connectivity index (χ3v) is 4.80. The number of amides is 1. The molecule has 2 N–H and O–H groups in total. The number of halogens is 2. The van der Waals surface area contributed by atoms with Crippen LogP contribution in [0.25, 0.3) is 0 Å². The average molecular weight is 379 g/mol. The molecular formula is C19H20ClFN2O3. The minimum absolute atomic E-state index is 0.0578. The summed E-state index contributed by atoms with van der Waals surface area (Å²) >= 11 is 6.11. The van der Waals surface area contributed by atoms with E-state index in [1.165, 1.54) is 30.3 Å². The number of hydrogen-bond acceptors (Lipinski definition) is 4. The Morgan fingerprint density at radius 3 is 2.77 bits per heavy atom. The molecule has 1 aromatic heterocycles. The average Bonchev–Trinajstić information content (AvgIpc) is 2.64. The second-order valence-electron chi connectivity index (χ2n) is 6.36. The first-order valence-electron chi connectivity index (χ1n) is 8.62. The van der Waals surface area contributed by atoms with E-state index in [1.54, 1.807) is 6.07 Å². The Labute approximate surface area is 156 Å². The first kappa shape index (κ1) is 18.6. The highest BCUT2D eigenvalue weighted by Crippen LogP contribution is 2.28. The highest BCUT2D eigenvalue weighted by atomic mass is 35.5. The molecule has 7 heteroatoms. The van der Waals surface area contributed by atoms with Gasteiger partial charge in [0, 0.05) is 12.0 Å². The number of nitrogens with zero attached hydrogens (tertiary/aromatic N) is 1. The lowest BCUT2D eigenvalue weighted by atomic mass is 9.88. The zero-order valence-electron chi connectivity index (χ0n) is 14.1. The number of hydrogen-bond donors (Lipinski definition) is 2. The van der Waals surface area contributed by atoms with E-state index >= 15 is 0 Å². The molecule has 0 spiro atoms. The summed E-state index contributed by atoms with van der Waals surface area (Å²) in [4.78, 5) is 16.1. The quantitative estimate of drug-likeness (QED) is 0.601. The van der Waals surface area contributed by atoms with Crippen molar-refractivity contribution in [2.75, 3.05) is 0 Å². The van der Waals surface area contributed by atoms with Gasteiger partial charge in [-0.2, -0.15) is 9.37 Å². The number of nitrogens with one attached hydrogen (secondary N) is 1. The van der Waals surface area contributed by atoms with Crippen molar-refractivity contribution in [3.05, 3.63) is 52.9 Å². The van der Waals surface area contributed by atoms with E-state index in [-0.39, 0.29) is 22.4 Å². The molecule has 1 saturated carbocycles. The molecule has 1 aliphatic rings. The van der Waals surface area contributed by atoms with E-state index in [4.69, 9.17) is 16.3 Å². The second-order valence-corrected chi connectivity index (χ2v) is 6.77. The van der Waals surface area contributed by atoms with Gasteiger partial charge in [-0.05, 0) is 37.1 Å². The molecule has 2 aromatic rings. The topological polar surface area (TPSA) is 71.5 Å². The number of carbonyl (C=O) groups is 1. The smallest absolute Gasteiger partial charge is 0.254 e. The van der Waals surface area contributed by atoms with E-state index in [0.29, 0.717) is 5.75 Å². The molecule has 138 valence electrons. The lowest BCUT2D eigenvalue weighted by Crippen LogP contribution is -2.41. The van der Waals surface area contributed by atoms with Crippen molar-refractivity contribution in [2.24, 2.45) is 5.92 Å². The number of aliphatic hydroxyl groups excluding tert-OH is 1. The zero-order valence-corrected chi connectivity index (χ0v) is 14.9. The molecule has 0 saturated heterocycles. The van der Waals surface area contributed by atoms with Crippen LogP contribution in [0.3, 0.4) is 0 Å². The van der Waals surface area contributed by atoms with Crippen LogP contribution in [-0.2, 0) is 0 Å². The molecule has 1 heterocycles. The highest BCUT2D eigenvalue weighted by Gasteiger charge is 2.24. The molecule has 1 unspecified atom stereocenters. The molecule has 5 nitrogen and oxygen atoms in total. The van der Waals surface area contributed by atoms with Gasteiger partial charge in [0.1, 0.15) is 12.0 Å². The number of rotatable bonds is 5. The number of carbonyl (C=O) groups excluding carboxylic acids is 1. The van der Waals surface area contributed by atoms with Crippen molar-refractivity contribution in [2.45, 2.75) is 38.3 Å². The van der Waals surface area contributed by atoms with Gasteiger partial charge >= 0.3 is 0 Å². The van der Waals surface area contributed by atoms with Gasteiger partial charge in [0.05, 0.1) is 10.6 Å². The lowest BCUT2D eigenvalue weighted by Gasteiger charge is -2.27. The first-order valence-corrected chi connectivity index (χ1v) is 8.99. The zero-order chi connectivity index (χ0) is 18.5. The summed E-state index contributed by atoms with van der Waals surface area (Å²) in [7, 11) is 0. The Morgan fingerprint density at radius 1 is 1.27 bits per heavy atom. The van der Waals surface area contributed by atoms with E-state index in [2.05, 4.69) is 10.3 Å². The van der Waals surface area contributed by atoms with Crippen molar-refractivity contribution in [1.82, 2.24) is 10.3 Å². The number of aliphatic hydroxyl groups is 1. The molecule has 26 heavy (non-hydrogen) atoms. The van der Waals surface area contributed by atoms with Gasteiger partial charge in [0.15, 0.2) is 0 Å². The van der Waals surface area contributed by atoms with Crippen LogP contribution < -0.4 is 10.1 Å². The van der Waals surface area contributed by atoms with Crippen LogP contribution in [0.15, 0.2) is 36.4 Å². The van der Waals surface area contributed by atoms with Crippen molar-refractivity contribution >= 4 is 17.5 Å². The molecule has 0 bridgehead atoms. The van der Waals surface area contributed by atoms with Crippen molar-refractivity contribution in [3.8, 4) is 11.6 Å².